The van der Waals surface area contributed by atoms with Crippen molar-refractivity contribution in [3.8, 4) is 0 Å². The van der Waals surface area contributed by atoms with Gasteiger partial charge >= 0.3 is 23.9 Å². The van der Waals surface area contributed by atoms with Crippen LogP contribution < -0.4 is 75.7 Å². The second-order valence-electron chi connectivity index (χ2n) is 26.3. The summed E-state index contributed by atoms with van der Waals surface area (Å²) < 4.78 is 0. The monoisotopic (exact) mass is 1440 g/mol. The fraction of sp³-hybridized carbons (Fsp3) is 0.698. The molecule has 0 aromatic carbocycles. The van der Waals surface area contributed by atoms with Crippen molar-refractivity contribution in [2.24, 2.45) is 40.9 Å². The average Bonchev–Trinajstić information content (AvgIpc) is 1.74. The molecule has 0 unspecified atom stereocenters. The highest BCUT2D eigenvalue weighted by atomic mass is 16.4. The van der Waals surface area contributed by atoms with Gasteiger partial charge in [-0.05, 0) is 107 Å². The van der Waals surface area contributed by atoms with E-state index in [0.29, 0.717) is 31.4 Å². The molecule has 0 aliphatic carbocycles. The molecule has 101 heavy (non-hydrogen) atoms. The van der Waals surface area contributed by atoms with E-state index in [9.17, 15) is 97.1 Å². The van der Waals surface area contributed by atoms with Crippen LogP contribution in [0.15, 0.2) is 12.5 Å². The Labute approximate surface area is 584 Å². The molecule has 1 aromatic heterocycles. The van der Waals surface area contributed by atoms with E-state index in [1.807, 2.05) is 10.6 Å². The number of carboxylic acid groups (broad SMARTS) is 4. The van der Waals surface area contributed by atoms with Crippen LogP contribution in [0.2, 0.25) is 0 Å². The molecule has 2 heterocycles. The summed E-state index contributed by atoms with van der Waals surface area (Å²) in [4.78, 5) is 220. The van der Waals surface area contributed by atoms with Gasteiger partial charge in [-0.2, -0.15) is 0 Å². The minimum Gasteiger partial charge on any atom is -0.481 e. The number of aromatic amines is 1. The maximum atomic E-state index is 14.3. The van der Waals surface area contributed by atoms with Gasteiger partial charge in [0, 0.05) is 31.3 Å². The summed E-state index contributed by atoms with van der Waals surface area (Å²) >= 11 is 0. The molecule has 1 aromatic rings. The molecule has 1 aliphatic rings. The third-order valence-corrected chi connectivity index (χ3v) is 16.0. The molecule has 1 aliphatic heterocycles. The third kappa shape index (κ3) is 31.8. The van der Waals surface area contributed by atoms with Gasteiger partial charge in [-0.25, -0.2) is 9.78 Å². The van der Waals surface area contributed by atoms with Crippen molar-refractivity contribution in [2.75, 3.05) is 32.8 Å². The molecular formula is C63H105N17O21. The van der Waals surface area contributed by atoms with E-state index in [2.05, 4.69) is 57.8 Å². The number of aromatic nitrogens is 2. The number of H-pyrrole nitrogens is 1. The molecule has 38 nitrogen and oxygen atoms in total. The van der Waals surface area contributed by atoms with E-state index in [4.69, 9.17) is 22.3 Å². The Morgan fingerprint density at radius 2 is 0.980 bits per heavy atom. The van der Waals surface area contributed by atoms with Crippen LogP contribution in [-0.4, -0.2) is 240 Å². The summed E-state index contributed by atoms with van der Waals surface area (Å²) in [5.74, 6) is -19.1. The van der Waals surface area contributed by atoms with E-state index in [-0.39, 0.29) is 76.4 Å². The van der Waals surface area contributed by atoms with Gasteiger partial charge in [0.2, 0.25) is 70.9 Å². The van der Waals surface area contributed by atoms with Gasteiger partial charge in [-0.15, -0.1) is 0 Å². The zero-order valence-corrected chi connectivity index (χ0v) is 58.4. The van der Waals surface area contributed by atoms with Crippen molar-refractivity contribution in [3.05, 3.63) is 18.2 Å². The number of unbranched alkanes of at least 4 members (excludes halogenated alkanes) is 2. The zero-order valence-electron chi connectivity index (χ0n) is 58.4. The Balaban J connectivity index is 2.31. The predicted molar refractivity (Wildman–Crippen MR) is 358 cm³/mol. The number of rotatable bonds is 48. The van der Waals surface area contributed by atoms with Crippen molar-refractivity contribution in [1.29, 1.82) is 0 Å². The first-order valence-electron chi connectivity index (χ1n) is 33.7. The summed E-state index contributed by atoms with van der Waals surface area (Å²) in [6.45, 7) is 11.9. The Morgan fingerprint density at radius 1 is 0.525 bits per heavy atom. The Morgan fingerprint density at radius 3 is 1.47 bits per heavy atom. The molecule has 12 atom stereocenters. The topological polar surface area (TPSA) is 617 Å². The lowest BCUT2D eigenvalue weighted by Crippen LogP contribution is -2.61. The molecule has 2 rings (SSSR count). The first-order chi connectivity index (χ1) is 47.4. The summed E-state index contributed by atoms with van der Waals surface area (Å²) in [5.41, 5.74) is 17.5. The summed E-state index contributed by atoms with van der Waals surface area (Å²) in [6.07, 6.45) is 1.16. The van der Waals surface area contributed by atoms with Crippen LogP contribution in [0.5, 0.6) is 0 Å². The van der Waals surface area contributed by atoms with Gasteiger partial charge in [0.15, 0.2) is 0 Å². The number of aliphatic hydroxyl groups is 1. The maximum absolute atomic E-state index is 14.3. The van der Waals surface area contributed by atoms with E-state index in [0.717, 1.165) is 4.90 Å². The maximum Gasteiger partial charge on any atom is 0.326 e. The summed E-state index contributed by atoms with van der Waals surface area (Å²) in [6, 6.07) is -18.0. The van der Waals surface area contributed by atoms with Crippen molar-refractivity contribution in [3.63, 3.8) is 0 Å². The quantitative estimate of drug-likeness (QED) is 0.0271. The number of aliphatic hydroxyl groups excluding tert-OH is 1. The molecule has 0 radical (unpaired) electrons. The Bertz CT molecular complexity index is 2990. The molecule has 23 N–H and O–H groups in total. The standard InChI is InChI=1S/C63H105N17O21/c1-31(2)22-40(56(93)76-43(63(100)101)24-35-27-67-30-69-35)74-54(91)38(15-10-12-20-65)71-60(97)50(33(5)6)78-46(82)28-68-53(90)37(14-9-11-19-64)70-55(92)41(23-32(3)4)75-61(98)51(34(7)8)79-59(96)45-16-13-21-80(45)62(99)39(17-18-47(83)84)72-58(95)44(29-81)77-57(94)42(26-49(87)88)73-52(89)36(66)25-48(85)86/h27,30-34,36-45,50-51,81H,9-26,28-29,64-66H2,1-8H3,(H,67,69)(H,68,90)(H,70,92)(H,71,97)(H,72,95)(H,73,89)(H,74,91)(H,75,98)(H,76,93)(H,77,94)(H,78,82)(H,79,96)(H,83,84)(H,85,86)(H,87,88)(H,100,101)/t36-,37-,38-,39-,40-,41-,42-,43-,44-,45-,50-,51-/m0/s1. The van der Waals surface area contributed by atoms with E-state index in [1.54, 1.807) is 55.4 Å². The van der Waals surface area contributed by atoms with Crippen LogP contribution in [-0.2, 0) is 83.1 Å². The highest BCUT2D eigenvalue weighted by molar-refractivity contribution is 6.00. The van der Waals surface area contributed by atoms with Crippen molar-refractivity contribution < 1.29 is 102 Å². The highest BCUT2D eigenvalue weighted by Crippen LogP contribution is 2.22. The highest BCUT2D eigenvalue weighted by Gasteiger charge is 2.42. The van der Waals surface area contributed by atoms with Gasteiger partial charge in [-0.1, -0.05) is 55.4 Å². The van der Waals surface area contributed by atoms with Gasteiger partial charge < -0.3 is 111 Å². The van der Waals surface area contributed by atoms with Crippen molar-refractivity contribution in [2.45, 2.75) is 224 Å². The molecule has 1 saturated heterocycles. The average molecular weight is 1440 g/mol. The molecular weight excluding hydrogens is 1330 g/mol. The number of carbonyl (C=O) groups excluding carboxylic acids is 12. The lowest BCUT2D eigenvalue weighted by Gasteiger charge is -2.31. The predicted octanol–water partition coefficient (Wildman–Crippen LogP) is -5.21. The lowest BCUT2D eigenvalue weighted by atomic mass is 9.99. The van der Waals surface area contributed by atoms with Crippen LogP contribution in [0.1, 0.15) is 151 Å². The number of hydrogen-bond donors (Lipinski definition) is 20. The number of nitrogens with zero attached hydrogens (tertiary/aromatic N) is 2. The van der Waals surface area contributed by atoms with Crippen molar-refractivity contribution in [1.82, 2.24) is 73.4 Å². The fourth-order valence-corrected chi connectivity index (χ4v) is 10.6. The van der Waals surface area contributed by atoms with Gasteiger partial charge in [0.1, 0.15) is 66.5 Å². The van der Waals surface area contributed by atoms with Crippen LogP contribution in [0.25, 0.3) is 0 Å². The van der Waals surface area contributed by atoms with Crippen LogP contribution in [0, 0.1) is 23.7 Å². The second-order valence-corrected chi connectivity index (χ2v) is 26.3. The summed E-state index contributed by atoms with van der Waals surface area (Å²) in [7, 11) is 0. The van der Waals surface area contributed by atoms with Gasteiger partial charge in [-0.3, -0.25) is 71.9 Å². The fourth-order valence-electron chi connectivity index (χ4n) is 10.6. The molecule has 0 bridgehead atoms. The number of likely N-dealkylation sites (tertiary alicyclic amines) is 1. The van der Waals surface area contributed by atoms with Crippen LogP contribution in [0.3, 0.4) is 0 Å². The number of hydrogen-bond acceptors (Lipinski definition) is 21. The van der Waals surface area contributed by atoms with Crippen LogP contribution >= 0.6 is 0 Å². The van der Waals surface area contributed by atoms with E-state index >= 15 is 0 Å². The molecule has 38 heteroatoms. The largest absolute Gasteiger partial charge is 0.481 e. The molecule has 0 spiro atoms. The van der Waals surface area contributed by atoms with Gasteiger partial charge in [0.05, 0.1) is 38.4 Å². The number of carboxylic acids is 4. The molecule has 12 amide bonds. The molecule has 1 fully saturated rings. The smallest absolute Gasteiger partial charge is 0.326 e. The Kier molecular flexibility index (Phi) is 38.8. The van der Waals surface area contributed by atoms with Crippen LogP contribution in [0.4, 0.5) is 0 Å². The van der Waals surface area contributed by atoms with E-state index < -0.39 is 218 Å². The number of nitrogens with one attached hydrogen (secondary N) is 12. The minimum atomic E-state index is -1.97. The molecule has 0 saturated carbocycles. The number of imidazole rings is 1. The SMILES string of the molecule is CC(C)C[C@H](NC(=O)[C@H](CCCCN)NC(=O)[C@@H](NC(=O)CNC(=O)[C@H](CCCCN)NC(=O)[C@H](CC(C)C)NC(=O)[C@@H](NC(=O)[C@@H]1CCCN1C(=O)[C@H](CCC(=O)O)NC(=O)[C@H](CO)NC(=O)[C@H](CC(=O)O)NC(=O)[C@@H](N)CC(=O)O)C(C)C)C(C)C)C(=O)N[C@@H](Cc1cnc[nH]1)C(=O)O. The van der Waals surface area contributed by atoms with Crippen molar-refractivity contribution >= 4 is 94.8 Å². The lowest BCUT2D eigenvalue weighted by molar-refractivity contribution is -0.144. The summed E-state index contributed by atoms with van der Waals surface area (Å²) in [5, 5.41) is 75.1. The number of carbonyl (C=O) groups is 16. The first-order valence-corrected chi connectivity index (χ1v) is 33.7. The van der Waals surface area contributed by atoms with E-state index in [1.165, 1.54) is 12.5 Å². The minimum absolute atomic E-state index is 0.000241. The third-order valence-electron chi connectivity index (χ3n) is 16.0. The number of nitrogens with two attached hydrogens (primary N) is 3. The normalized spacial score (nSPS) is 16.1. The Hall–Kier alpha value is -9.43. The van der Waals surface area contributed by atoms with Gasteiger partial charge in [0.25, 0.3) is 0 Å². The molecule has 568 valence electrons. The first kappa shape index (κ1) is 87.7. The second kappa shape index (κ2) is 44.6. The zero-order chi connectivity index (χ0) is 76.4. The number of amides is 12. The number of aliphatic carboxylic acids is 4.